The second-order valence-corrected chi connectivity index (χ2v) is 6.79. The lowest BCUT2D eigenvalue weighted by molar-refractivity contribution is 0.307. The van der Waals surface area contributed by atoms with Crippen molar-refractivity contribution in [2.24, 2.45) is 11.8 Å². The first-order valence-corrected chi connectivity index (χ1v) is 8.14. The van der Waals surface area contributed by atoms with E-state index in [9.17, 15) is 8.42 Å². The van der Waals surface area contributed by atoms with Gasteiger partial charge in [0.1, 0.15) is 9.84 Å². The predicted octanol–water partition coefficient (Wildman–Crippen LogP) is 1.47. The van der Waals surface area contributed by atoms with Crippen LogP contribution in [0.25, 0.3) is 0 Å². The molecule has 0 radical (unpaired) electrons. The number of sulfone groups is 1. The lowest BCUT2D eigenvalue weighted by Crippen LogP contribution is -2.42. The van der Waals surface area contributed by atoms with Crippen molar-refractivity contribution in [1.82, 2.24) is 5.43 Å². The van der Waals surface area contributed by atoms with E-state index in [1.807, 2.05) is 0 Å². The van der Waals surface area contributed by atoms with Crippen LogP contribution in [0.5, 0.6) is 0 Å². The van der Waals surface area contributed by atoms with Crippen LogP contribution < -0.4 is 11.3 Å². The molecule has 0 aromatic rings. The van der Waals surface area contributed by atoms with E-state index in [-0.39, 0.29) is 11.8 Å². The van der Waals surface area contributed by atoms with Crippen LogP contribution >= 0.6 is 0 Å². The van der Waals surface area contributed by atoms with Crippen molar-refractivity contribution in [3.63, 3.8) is 0 Å². The molecule has 0 aromatic heterocycles. The van der Waals surface area contributed by atoms with E-state index in [1.165, 1.54) is 6.26 Å². The smallest absolute Gasteiger partial charge is 0.147 e. The lowest BCUT2D eigenvalue weighted by Gasteiger charge is -2.25. The maximum Gasteiger partial charge on any atom is 0.147 e. The molecule has 0 saturated carbocycles. The van der Waals surface area contributed by atoms with Crippen molar-refractivity contribution < 1.29 is 8.42 Å². The monoisotopic (exact) mass is 250 g/mol. The molecule has 0 bridgehead atoms. The van der Waals surface area contributed by atoms with Gasteiger partial charge < -0.3 is 0 Å². The largest absolute Gasteiger partial charge is 0.271 e. The Kier molecular flexibility index (Phi) is 7.97. The van der Waals surface area contributed by atoms with Crippen molar-refractivity contribution in [1.29, 1.82) is 0 Å². The Morgan fingerprint density at radius 1 is 1.12 bits per heavy atom. The van der Waals surface area contributed by atoms with Crippen LogP contribution in [0, 0.1) is 5.92 Å². The van der Waals surface area contributed by atoms with Gasteiger partial charge in [-0.05, 0) is 25.2 Å². The molecule has 0 fully saturated rings. The van der Waals surface area contributed by atoms with Crippen LogP contribution in [0.15, 0.2) is 0 Å². The number of hydrogen-bond donors (Lipinski definition) is 2. The van der Waals surface area contributed by atoms with Gasteiger partial charge in [-0.3, -0.25) is 11.3 Å². The summed E-state index contributed by atoms with van der Waals surface area (Å²) in [7, 11) is -2.89. The number of nitrogens with one attached hydrogen (secondary N) is 1. The Balaban J connectivity index is 4.30. The summed E-state index contributed by atoms with van der Waals surface area (Å²) in [5.74, 6) is 6.22. The minimum absolute atomic E-state index is 0.120. The molecule has 16 heavy (non-hydrogen) atoms. The quantitative estimate of drug-likeness (QED) is 0.480. The van der Waals surface area contributed by atoms with E-state index in [4.69, 9.17) is 5.84 Å². The van der Waals surface area contributed by atoms with Gasteiger partial charge in [0, 0.05) is 12.3 Å². The maximum absolute atomic E-state index is 11.1. The van der Waals surface area contributed by atoms with E-state index in [1.54, 1.807) is 0 Å². The normalized spacial score (nSPS) is 14.3. The fourth-order valence-corrected chi connectivity index (χ4v) is 2.77. The zero-order valence-electron chi connectivity index (χ0n) is 10.7. The molecule has 0 rings (SSSR count). The molecule has 0 heterocycles. The molecule has 4 nitrogen and oxygen atoms in total. The third-order valence-electron chi connectivity index (χ3n) is 2.90. The van der Waals surface area contributed by atoms with Gasteiger partial charge in [-0.15, -0.1) is 0 Å². The fraction of sp³-hybridized carbons (Fsp3) is 1.00. The summed E-state index contributed by atoms with van der Waals surface area (Å²) in [5, 5.41) is 0. The highest BCUT2D eigenvalue weighted by atomic mass is 32.2. The van der Waals surface area contributed by atoms with Crippen LogP contribution in [0.2, 0.25) is 0 Å². The second kappa shape index (κ2) is 8.03. The Morgan fingerprint density at radius 3 is 1.94 bits per heavy atom. The third-order valence-corrected chi connectivity index (χ3v) is 3.88. The van der Waals surface area contributed by atoms with E-state index in [2.05, 4.69) is 19.3 Å². The molecule has 5 heteroatoms. The molecule has 0 amide bonds. The SMILES string of the molecule is CCCC(CCC)C(CCS(C)(=O)=O)NN. The van der Waals surface area contributed by atoms with Crippen LogP contribution in [0.3, 0.4) is 0 Å². The first-order chi connectivity index (χ1) is 7.44. The third kappa shape index (κ3) is 7.19. The summed E-state index contributed by atoms with van der Waals surface area (Å²) in [6, 6.07) is 0.120. The van der Waals surface area contributed by atoms with E-state index >= 15 is 0 Å². The van der Waals surface area contributed by atoms with Crippen LogP contribution in [-0.4, -0.2) is 26.5 Å². The maximum atomic E-state index is 11.1. The fourth-order valence-electron chi connectivity index (χ4n) is 2.08. The average Bonchev–Trinajstić information content (AvgIpc) is 2.17. The summed E-state index contributed by atoms with van der Waals surface area (Å²) in [5.41, 5.74) is 2.78. The highest BCUT2D eigenvalue weighted by Gasteiger charge is 2.20. The summed E-state index contributed by atoms with van der Waals surface area (Å²) in [4.78, 5) is 0. The lowest BCUT2D eigenvalue weighted by atomic mass is 9.89. The minimum atomic E-state index is -2.89. The predicted molar refractivity (Wildman–Crippen MR) is 68.7 cm³/mol. The van der Waals surface area contributed by atoms with Gasteiger partial charge in [0.15, 0.2) is 0 Å². The summed E-state index contributed by atoms with van der Waals surface area (Å²) >= 11 is 0. The first kappa shape index (κ1) is 15.9. The van der Waals surface area contributed by atoms with Gasteiger partial charge in [-0.2, -0.15) is 0 Å². The van der Waals surface area contributed by atoms with Gasteiger partial charge in [0.25, 0.3) is 0 Å². The Labute approximate surface area is 99.9 Å². The standard InChI is InChI=1S/C11H26N2O2S/c1-4-6-10(7-5-2)11(13-12)8-9-16(3,14)15/h10-11,13H,4-9,12H2,1-3H3. The van der Waals surface area contributed by atoms with Gasteiger partial charge in [0.2, 0.25) is 0 Å². The van der Waals surface area contributed by atoms with Crippen LogP contribution in [0.1, 0.15) is 46.0 Å². The summed E-state index contributed by atoms with van der Waals surface area (Å²) < 4.78 is 22.2. The molecule has 0 saturated heterocycles. The second-order valence-electron chi connectivity index (χ2n) is 4.53. The minimum Gasteiger partial charge on any atom is -0.271 e. The Bertz CT molecular complexity index is 259. The highest BCUT2D eigenvalue weighted by Crippen LogP contribution is 2.20. The number of rotatable bonds is 9. The molecule has 1 atom stereocenters. The zero-order chi connectivity index (χ0) is 12.6. The summed E-state index contributed by atoms with van der Waals surface area (Å²) in [6.07, 6.45) is 6.32. The topological polar surface area (TPSA) is 72.2 Å². The molecule has 0 aliphatic carbocycles. The molecule has 0 aromatic carbocycles. The molecular weight excluding hydrogens is 224 g/mol. The van der Waals surface area contributed by atoms with Crippen molar-refractivity contribution in [3.05, 3.63) is 0 Å². The van der Waals surface area contributed by atoms with Gasteiger partial charge in [-0.25, -0.2) is 8.42 Å². The van der Waals surface area contributed by atoms with Crippen molar-refractivity contribution in [2.75, 3.05) is 12.0 Å². The van der Waals surface area contributed by atoms with Crippen molar-refractivity contribution in [2.45, 2.75) is 52.0 Å². The van der Waals surface area contributed by atoms with Crippen LogP contribution in [0.4, 0.5) is 0 Å². The van der Waals surface area contributed by atoms with E-state index in [0.29, 0.717) is 12.3 Å². The van der Waals surface area contributed by atoms with E-state index in [0.717, 1.165) is 25.7 Å². The number of hydrogen-bond acceptors (Lipinski definition) is 4. The van der Waals surface area contributed by atoms with Gasteiger partial charge in [0.05, 0.1) is 5.75 Å². The molecule has 3 N–H and O–H groups in total. The Morgan fingerprint density at radius 2 is 1.62 bits per heavy atom. The van der Waals surface area contributed by atoms with Crippen molar-refractivity contribution >= 4 is 9.84 Å². The molecule has 0 spiro atoms. The zero-order valence-corrected chi connectivity index (χ0v) is 11.5. The number of hydrazine groups is 1. The van der Waals surface area contributed by atoms with Gasteiger partial charge in [-0.1, -0.05) is 26.7 Å². The summed E-state index contributed by atoms with van der Waals surface area (Å²) in [6.45, 7) is 4.29. The Hall–Kier alpha value is -0.130. The molecule has 1 unspecified atom stereocenters. The van der Waals surface area contributed by atoms with Crippen molar-refractivity contribution in [3.8, 4) is 0 Å². The highest BCUT2D eigenvalue weighted by molar-refractivity contribution is 7.90. The average molecular weight is 250 g/mol. The molecule has 0 aliphatic heterocycles. The van der Waals surface area contributed by atoms with E-state index < -0.39 is 9.84 Å². The molecule has 98 valence electrons. The first-order valence-electron chi connectivity index (χ1n) is 6.08. The molecular formula is C11H26N2O2S. The molecule has 0 aliphatic rings. The van der Waals surface area contributed by atoms with Crippen LogP contribution in [-0.2, 0) is 9.84 Å². The number of nitrogens with two attached hydrogens (primary N) is 1. The van der Waals surface area contributed by atoms with Gasteiger partial charge >= 0.3 is 0 Å².